The van der Waals surface area contributed by atoms with Crippen molar-refractivity contribution in [3.05, 3.63) is 91.2 Å². The van der Waals surface area contributed by atoms with Crippen molar-refractivity contribution in [1.82, 2.24) is 9.47 Å². The number of hydrogen-bond acceptors (Lipinski definition) is 3. The number of anilines is 1. The zero-order valence-corrected chi connectivity index (χ0v) is 20.7. The van der Waals surface area contributed by atoms with Gasteiger partial charge in [0.2, 0.25) is 0 Å². The molecule has 0 spiro atoms. The van der Waals surface area contributed by atoms with E-state index in [0.29, 0.717) is 17.3 Å². The van der Waals surface area contributed by atoms with E-state index in [0.717, 1.165) is 29.0 Å². The summed E-state index contributed by atoms with van der Waals surface area (Å²) in [4.78, 5) is 18.5. The first-order valence-corrected chi connectivity index (χ1v) is 13.4. The van der Waals surface area contributed by atoms with Crippen molar-refractivity contribution >= 4 is 46.0 Å². The van der Waals surface area contributed by atoms with E-state index in [-0.39, 0.29) is 12.1 Å². The molecule has 0 saturated carbocycles. The first kappa shape index (κ1) is 21.0. The third-order valence-electron chi connectivity index (χ3n) is 6.68. The van der Waals surface area contributed by atoms with Crippen LogP contribution in [0.25, 0.3) is 5.00 Å². The minimum Gasteiger partial charge on any atom is -0.310 e. The second-order valence-corrected chi connectivity index (χ2v) is 11.2. The molecular weight excluding hydrogens is 470 g/mol. The summed E-state index contributed by atoms with van der Waals surface area (Å²) < 4.78 is 2.32. The predicted octanol–water partition coefficient (Wildman–Crippen LogP) is 7.58. The smallest absolute Gasteiger partial charge is 0.310 e. The quantitative estimate of drug-likeness (QED) is 0.307. The van der Waals surface area contributed by atoms with Crippen LogP contribution in [0.15, 0.2) is 54.0 Å². The second-order valence-electron chi connectivity index (χ2n) is 8.74. The van der Waals surface area contributed by atoms with E-state index in [1.54, 1.807) is 11.3 Å². The fourth-order valence-electron chi connectivity index (χ4n) is 5.00. The number of aromatic nitrogens is 1. The predicted molar refractivity (Wildman–Crippen MR) is 137 cm³/mol. The summed E-state index contributed by atoms with van der Waals surface area (Å²) in [6, 6.07) is 13.9. The second kappa shape index (κ2) is 8.35. The molecule has 1 N–H and O–H groups in total. The molecular formula is C26H24ClN3OS2. The molecule has 0 saturated heterocycles. The van der Waals surface area contributed by atoms with Gasteiger partial charge < -0.3 is 14.8 Å². The van der Waals surface area contributed by atoms with E-state index in [9.17, 15) is 4.79 Å². The molecule has 0 fully saturated rings. The Morgan fingerprint density at radius 3 is 2.82 bits per heavy atom. The molecule has 3 aromatic heterocycles. The fourth-order valence-corrected chi connectivity index (χ4v) is 7.43. The van der Waals surface area contributed by atoms with Crippen molar-refractivity contribution in [2.24, 2.45) is 0 Å². The lowest BCUT2D eigenvalue weighted by molar-refractivity contribution is 0.195. The van der Waals surface area contributed by atoms with Crippen LogP contribution in [0.3, 0.4) is 0 Å². The van der Waals surface area contributed by atoms with E-state index < -0.39 is 0 Å². The summed E-state index contributed by atoms with van der Waals surface area (Å²) in [6.45, 7) is 2.56. The Hall–Kier alpha value is -2.54. The lowest BCUT2D eigenvalue weighted by Gasteiger charge is -2.30. The lowest BCUT2D eigenvalue weighted by Crippen LogP contribution is -2.37. The standard InChI is InChI=1S/C26H24ClN3OS2/c1-16-10-11-17(14-20(16)27)28-26(31)30-15-19-18-6-2-3-8-22(18)33-25(19)29-12-4-7-21(29)24(30)23-9-5-13-32-23/h4-5,7,9-14,24H,2-3,6,8,15H2,1H3,(H,28,31). The van der Waals surface area contributed by atoms with Gasteiger partial charge in [-0.1, -0.05) is 23.7 Å². The molecule has 0 bridgehead atoms. The van der Waals surface area contributed by atoms with Crippen LogP contribution in [0.2, 0.25) is 5.02 Å². The molecule has 7 heteroatoms. The number of aryl methyl sites for hydroxylation is 2. The Kier molecular flexibility index (Phi) is 5.32. The minimum absolute atomic E-state index is 0.107. The Balaban J connectivity index is 1.47. The Bertz CT molecular complexity index is 1340. The van der Waals surface area contributed by atoms with Gasteiger partial charge in [0.1, 0.15) is 11.0 Å². The molecule has 168 valence electrons. The van der Waals surface area contributed by atoms with E-state index >= 15 is 0 Å². The van der Waals surface area contributed by atoms with Crippen molar-refractivity contribution in [2.45, 2.75) is 45.2 Å². The number of carbonyl (C=O) groups is 1. The number of fused-ring (bicyclic) bond motifs is 5. The molecule has 2 aliphatic rings. The fraction of sp³-hybridized carbons (Fsp3) is 0.269. The van der Waals surface area contributed by atoms with Gasteiger partial charge in [-0.3, -0.25) is 0 Å². The lowest BCUT2D eigenvalue weighted by atomic mass is 9.95. The molecule has 0 radical (unpaired) electrons. The number of thiophene rings is 2. The van der Waals surface area contributed by atoms with Crippen molar-refractivity contribution in [3.8, 4) is 5.00 Å². The largest absolute Gasteiger partial charge is 0.323 e. The zero-order chi connectivity index (χ0) is 22.5. The molecule has 1 aliphatic carbocycles. The molecule has 2 amide bonds. The summed E-state index contributed by atoms with van der Waals surface area (Å²) in [5.41, 5.74) is 5.61. The topological polar surface area (TPSA) is 37.3 Å². The van der Waals surface area contributed by atoms with Gasteiger partial charge in [0, 0.05) is 32.2 Å². The number of carbonyl (C=O) groups excluding carboxylic acids is 1. The Morgan fingerprint density at radius 1 is 1.12 bits per heavy atom. The number of amides is 2. The summed E-state index contributed by atoms with van der Waals surface area (Å²) in [6.07, 6.45) is 6.87. The molecule has 6 rings (SSSR count). The number of benzene rings is 1. The van der Waals surface area contributed by atoms with Gasteiger partial charge in [-0.2, -0.15) is 0 Å². The molecule has 4 aromatic rings. The number of halogens is 1. The van der Waals surface area contributed by atoms with Crippen LogP contribution in [-0.4, -0.2) is 15.5 Å². The zero-order valence-electron chi connectivity index (χ0n) is 18.3. The number of nitrogens with zero attached hydrogens (tertiary/aromatic N) is 2. The average molecular weight is 494 g/mol. The maximum atomic E-state index is 13.8. The van der Waals surface area contributed by atoms with Gasteiger partial charge in [0.15, 0.2) is 0 Å². The van der Waals surface area contributed by atoms with Crippen LogP contribution >= 0.6 is 34.3 Å². The molecule has 4 heterocycles. The highest BCUT2D eigenvalue weighted by Crippen LogP contribution is 2.44. The highest BCUT2D eigenvalue weighted by molar-refractivity contribution is 7.15. The van der Waals surface area contributed by atoms with Crippen LogP contribution in [0.4, 0.5) is 10.5 Å². The highest BCUT2D eigenvalue weighted by atomic mass is 35.5. The first-order chi connectivity index (χ1) is 16.1. The van der Waals surface area contributed by atoms with E-state index in [1.165, 1.54) is 33.8 Å². The number of nitrogens with one attached hydrogen (secondary N) is 1. The maximum absolute atomic E-state index is 13.8. The van der Waals surface area contributed by atoms with Gasteiger partial charge in [-0.15, -0.1) is 22.7 Å². The van der Waals surface area contributed by atoms with E-state index in [2.05, 4.69) is 45.7 Å². The minimum atomic E-state index is -0.153. The summed E-state index contributed by atoms with van der Waals surface area (Å²) >= 11 is 9.94. The highest BCUT2D eigenvalue weighted by Gasteiger charge is 2.36. The van der Waals surface area contributed by atoms with Crippen molar-refractivity contribution in [1.29, 1.82) is 0 Å². The van der Waals surface area contributed by atoms with Crippen molar-refractivity contribution < 1.29 is 4.79 Å². The summed E-state index contributed by atoms with van der Waals surface area (Å²) in [5, 5.41) is 7.14. The van der Waals surface area contributed by atoms with Crippen LogP contribution in [-0.2, 0) is 19.4 Å². The van der Waals surface area contributed by atoms with Crippen LogP contribution < -0.4 is 5.32 Å². The molecule has 1 atom stereocenters. The van der Waals surface area contributed by atoms with Gasteiger partial charge in [0.25, 0.3) is 0 Å². The maximum Gasteiger partial charge on any atom is 0.323 e. The first-order valence-electron chi connectivity index (χ1n) is 11.3. The third kappa shape index (κ3) is 3.61. The molecule has 33 heavy (non-hydrogen) atoms. The molecule has 1 unspecified atom stereocenters. The monoisotopic (exact) mass is 493 g/mol. The molecule has 4 nitrogen and oxygen atoms in total. The van der Waals surface area contributed by atoms with E-state index in [4.69, 9.17) is 11.6 Å². The van der Waals surface area contributed by atoms with Crippen molar-refractivity contribution in [2.75, 3.05) is 5.32 Å². The Labute approximate surface area is 206 Å². The number of hydrogen-bond donors (Lipinski definition) is 1. The molecule has 1 aromatic carbocycles. The summed E-state index contributed by atoms with van der Waals surface area (Å²) in [7, 11) is 0. The average Bonchev–Trinajstić information content (AvgIpc) is 3.56. The third-order valence-corrected chi connectivity index (χ3v) is 9.34. The molecule has 1 aliphatic heterocycles. The SMILES string of the molecule is Cc1ccc(NC(=O)N2Cc3c(sc4c3CCCC4)-n3cccc3C2c2cccs2)cc1Cl. The van der Waals surface area contributed by atoms with Gasteiger partial charge >= 0.3 is 6.03 Å². The summed E-state index contributed by atoms with van der Waals surface area (Å²) in [5.74, 6) is 0. The Morgan fingerprint density at radius 2 is 2.00 bits per heavy atom. The van der Waals surface area contributed by atoms with Crippen LogP contribution in [0.1, 0.15) is 51.0 Å². The van der Waals surface area contributed by atoms with Crippen LogP contribution in [0.5, 0.6) is 0 Å². The number of urea groups is 1. The van der Waals surface area contributed by atoms with Crippen molar-refractivity contribution in [3.63, 3.8) is 0 Å². The van der Waals surface area contributed by atoms with E-state index in [1.807, 2.05) is 41.4 Å². The van der Waals surface area contributed by atoms with Crippen LogP contribution in [0, 0.1) is 6.92 Å². The normalized spacial score (nSPS) is 17.2. The van der Waals surface area contributed by atoms with Gasteiger partial charge in [-0.05, 0) is 79.4 Å². The number of rotatable bonds is 2. The van der Waals surface area contributed by atoms with Gasteiger partial charge in [-0.25, -0.2) is 4.79 Å². The van der Waals surface area contributed by atoms with Gasteiger partial charge in [0.05, 0.1) is 12.2 Å².